The first-order chi connectivity index (χ1) is 8.15. The Morgan fingerprint density at radius 2 is 1.94 bits per heavy atom. The van der Waals surface area contributed by atoms with Gasteiger partial charge in [0, 0.05) is 0 Å². The van der Waals surface area contributed by atoms with Crippen LogP contribution in [0.1, 0.15) is 13.0 Å². The van der Waals surface area contributed by atoms with Crippen LogP contribution in [0.15, 0.2) is 52.6 Å². The molecule has 5 nitrogen and oxygen atoms in total. The second-order valence-electron chi connectivity index (χ2n) is 3.72. The van der Waals surface area contributed by atoms with Crippen LogP contribution in [0.25, 0.3) is 5.69 Å². The fourth-order valence-corrected chi connectivity index (χ4v) is 1.58. The van der Waals surface area contributed by atoms with Crippen LogP contribution in [0.2, 0.25) is 0 Å². The molecule has 1 atom stereocenters. The zero-order valence-electron chi connectivity index (χ0n) is 9.46. The zero-order chi connectivity index (χ0) is 12.4. The molecule has 0 aliphatic rings. The summed E-state index contributed by atoms with van der Waals surface area (Å²) in [6.07, 6.45) is 1.59. The highest BCUT2D eigenvalue weighted by molar-refractivity contribution is 5.30. The van der Waals surface area contributed by atoms with Crippen molar-refractivity contribution in [3.05, 3.63) is 64.0 Å². The second kappa shape index (κ2) is 4.29. The number of hydrogen-bond donors (Lipinski definition) is 1. The minimum Gasteiger partial charge on any atom is -0.246 e. The number of nitrogens with zero attached hydrogens (tertiary/aromatic N) is 2. The van der Waals surface area contributed by atoms with Gasteiger partial charge in [-0.05, 0) is 19.1 Å². The predicted octanol–water partition coefficient (Wildman–Crippen LogP) is 1.07. The molecule has 2 aromatic rings. The van der Waals surface area contributed by atoms with Crippen LogP contribution in [0.5, 0.6) is 0 Å². The summed E-state index contributed by atoms with van der Waals surface area (Å²) in [5.41, 5.74) is -0.294. The molecule has 0 amide bonds. The first-order valence-corrected chi connectivity index (χ1v) is 5.26. The van der Waals surface area contributed by atoms with E-state index >= 15 is 0 Å². The van der Waals surface area contributed by atoms with Crippen LogP contribution < -0.4 is 11.4 Å². The van der Waals surface area contributed by atoms with Gasteiger partial charge in [0.05, 0.1) is 11.7 Å². The molecule has 0 fully saturated rings. The minimum absolute atomic E-state index is 0.250. The van der Waals surface area contributed by atoms with Gasteiger partial charge in [-0.25, -0.2) is 23.9 Å². The van der Waals surface area contributed by atoms with E-state index in [1.807, 2.05) is 6.07 Å². The molecule has 0 aliphatic carbocycles. The van der Waals surface area contributed by atoms with Crippen molar-refractivity contribution in [1.82, 2.24) is 14.3 Å². The Morgan fingerprint density at radius 1 is 1.29 bits per heavy atom. The zero-order valence-corrected chi connectivity index (χ0v) is 9.46. The molecule has 2 rings (SSSR count). The number of H-pyrrole nitrogens is 1. The van der Waals surface area contributed by atoms with E-state index < -0.39 is 11.4 Å². The van der Waals surface area contributed by atoms with Crippen molar-refractivity contribution >= 4 is 0 Å². The van der Waals surface area contributed by atoms with Crippen molar-refractivity contribution in [2.45, 2.75) is 13.0 Å². The number of para-hydroxylation sites is 1. The number of hydrogen-bond acceptors (Lipinski definition) is 2. The molecule has 0 bridgehead atoms. The van der Waals surface area contributed by atoms with E-state index in [2.05, 4.69) is 11.7 Å². The summed E-state index contributed by atoms with van der Waals surface area (Å²) in [6, 6.07) is 8.54. The first kappa shape index (κ1) is 11.2. The summed E-state index contributed by atoms with van der Waals surface area (Å²) in [4.78, 5) is 23.8. The molecule has 0 aliphatic heterocycles. The smallest absolute Gasteiger partial charge is 0.246 e. The number of aromatic amines is 1. The Hall–Kier alpha value is -2.30. The maximum absolute atomic E-state index is 12.0. The van der Waals surface area contributed by atoms with Crippen LogP contribution in [0.4, 0.5) is 0 Å². The molecule has 1 aromatic carbocycles. The molecule has 0 spiro atoms. The average molecular weight is 231 g/mol. The van der Waals surface area contributed by atoms with Crippen LogP contribution in [0.3, 0.4) is 0 Å². The predicted molar refractivity (Wildman–Crippen MR) is 65.6 cm³/mol. The molecule has 88 valence electrons. The SMILES string of the molecule is C=CC(C)n1[nH]c(=O)n(-c2ccccc2)c1=O. The highest BCUT2D eigenvalue weighted by atomic mass is 16.2. The van der Waals surface area contributed by atoms with Gasteiger partial charge in [0.2, 0.25) is 0 Å². The lowest BCUT2D eigenvalue weighted by molar-refractivity contribution is 0.554. The van der Waals surface area contributed by atoms with Crippen LogP contribution in [0, 0.1) is 0 Å². The maximum atomic E-state index is 12.0. The van der Waals surface area contributed by atoms with Gasteiger partial charge >= 0.3 is 11.4 Å². The summed E-state index contributed by atoms with van der Waals surface area (Å²) in [5, 5.41) is 2.50. The second-order valence-corrected chi connectivity index (χ2v) is 3.72. The van der Waals surface area contributed by atoms with Crippen LogP contribution >= 0.6 is 0 Å². The number of nitrogens with one attached hydrogen (secondary N) is 1. The number of aromatic nitrogens is 3. The highest BCUT2D eigenvalue weighted by Gasteiger charge is 2.12. The van der Waals surface area contributed by atoms with E-state index in [0.717, 1.165) is 4.57 Å². The summed E-state index contributed by atoms with van der Waals surface area (Å²) < 4.78 is 2.35. The van der Waals surface area contributed by atoms with Gasteiger partial charge < -0.3 is 0 Å². The molecule has 0 saturated heterocycles. The van der Waals surface area contributed by atoms with Gasteiger partial charge in [0.25, 0.3) is 0 Å². The third kappa shape index (κ3) is 1.87. The summed E-state index contributed by atoms with van der Waals surface area (Å²) >= 11 is 0. The van der Waals surface area contributed by atoms with E-state index in [1.165, 1.54) is 4.68 Å². The molecule has 1 aromatic heterocycles. The molecule has 0 radical (unpaired) electrons. The summed E-state index contributed by atoms with van der Waals surface area (Å²) in [6.45, 7) is 5.38. The Morgan fingerprint density at radius 3 is 2.53 bits per heavy atom. The number of allylic oxidation sites excluding steroid dienone is 1. The maximum Gasteiger partial charge on any atom is 0.352 e. The Labute approximate surface area is 97.6 Å². The number of rotatable bonds is 3. The van der Waals surface area contributed by atoms with Crippen molar-refractivity contribution < 1.29 is 0 Å². The van der Waals surface area contributed by atoms with Gasteiger partial charge in [-0.1, -0.05) is 24.3 Å². The monoisotopic (exact) mass is 231 g/mol. The van der Waals surface area contributed by atoms with E-state index in [-0.39, 0.29) is 6.04 Å². The van der Waals surface area contributed by atoms with Gasteiger partial charge in [0.15, 0.2) is 0 Å². The van der Waals surface area contributed by atoms with Crippen LogP contribution in [-0.4, -0.2) is 14.3 Å². The molecule has 1 N–H and O–H groups in total. The molecule has 17 heavy (non-hydrogen) atoms. The van der Waals surface area contributed by atoms with E-state index in [0.29, 0.717) is 5.69 Å². The Kier molecular flexibility index (Phi) is 2.82. The van der Waals surface area contributed by atoms with Gasteiger partial charge in [-0.2, -0.15) is 0 Å². The van der Waals surface area contributed by atoms with Gasteiger partial charge in [0.1, 0.15) is 0 Å². The van der Waals surface area contributed by atoms with Crippen molar-refractivity contribution in [2.75, 3.05) is 0 Å². The summed E-state index contributed by atoms with van der Waals surface area (Å²) in [7, 11) is 0. The average Bonchev–Trinajstić information content (AvgIpc) is 2.65. The standard InChI is InChI=1S/C12H13N3O2/c1-3-9(2)15-12(17)14(11(16)13-15)10-7-5-4-6-8-10/h3-9H,1H2,2H3,(H,13,16). The lowest BCUT2D eigenvalue weighted by Crippen LogP contribution is -2.28. The molecular weight excluding hydrogens is 218 g/mol. The molecule has 5 heteroatoms. The molecule has 1 heterocycles. The van der Waals surface area contributed by atoms with Gasteiger partial charge in [-0.15, -0.1) is 6.58 Å². The van der Waals surface area contributed by atoms with E-state index in [4.69, 9.17) is 0 Å². The summed E-state index contributed by atoms with van der Waals surface area (Å²) in [5.74, 6) is 0. The Bertz CT molecular complexity index is 634. The molecular formula is C12H13N3O2. The third-order valence-electron chi connectivity index (χ3n) is 2.58. The Balaban J connectivity index is 2.66. The molecule has 0 saturated carbocycles. The highest BCUT2D eigenvalue weighted by Crippen LogP contribution is 2.02. The van der Waals surface area contributed by atoms with Crippen molar-refractivity contribution in [2.24, 2.45) is 0 Å². The van der Waals surface area contributed by atoms with Crippen LogP contribution in [-0.2, 0) is 0 Å². The van der Waals surface area contributed by atoms with Crippen molar-refractivity contribution in [3.8, 4) is 5.69 Å². The normalized spacial score (nSPS) is 12.3. The first-order valence-electron chi connectivity index (χ1n) is 5.26. The lowest BCUT2D eigenvalue weighted by atomic mass is 10.3. The van der Waals surface area contributed by atoms with Gasteiger partial charge in [-0.3, -0.25) is 0 Å². The minimum atomic E-state index is -0.449. The topological polar surface area (TPSA) is 59.8 Å². The lowest BCUT2D eigenvalue weighted by Gasteiger charge is -2.04. The largest absolute Gasteiger partial charge is 0.352 e. The quantitative estimate of drug-likeness (QED) is 0.803. The molecule has 1 unspecified atom stereocenters. The van der Waals surface area contributed by atoms with Crippen molar-refractivity contribution in [1.29, 1.82) is 0 Å². The van der Waals surface area contributed by atoms with Crippen molar-refractivity contribution in [3.63, 3.8) is 0 Å². The van der Waals surface area contributed by atoms with E-state index in [1.54, 1.807) is 37.3 Å². The third-order valence-corrected chi connectivity index (χ3v) is 2.58. The number of benzene rings is 1. The fraction of sp³-hybridized carbons (Fsp3) is 0.167. The van der Waals surface area contributed by atoms with E-state index in [9.17, 15) is 9.59 Å². The fourth-order valence-electron chi connectivity index (χ4n) is 1.58.